The molecule has 0 heterocycles. The van der Waals surface area contributed by atoms with Crippen LogP contribution in [-0.2, 0) is 0 Å². The second-order valence-electron chi connectivity index (χ2n) is 3.79. The number of nitriles is 1. The van der Waals surface area contributed by atoms with Gasteiger partial charge in [0.1, 0.15) is 23.4 Å². The Kier molecular flexibility index (Phi) is 3.50. The zero-order chi connectivity index (χ0) is 13.1. The molecule has 0 saturated heterocycles. The Balaban J connectivity index is 2.40. The first-order valence-electron chi connectivity index (χ1n) is 5.24. The minimum atomic E-state index is -0.478. The molecule has 0 N–H and O–H groups in total. The Hall–Kier alpha value is -2.05. The van der Waals surface area contributed by atoms with Gasteiger partial charge in [-0.3, -0.25) is 0 Å². The van der Waals surface area contributed by atoms with Gasteiger partial charge in [-0.15, -0.1) is 0 Å². The molecule has 0 unspecified atom stereocenters. The highest BCUT2D eigenvalue weighted by Gasteiger charge is 2.08. The maximum absolute atomic E-state index is 13.0. The maximum atomic E-state index is 13.0. The molecule has 0 aromatic heterocycles. The van der Waals surface area contributed by atoms with Gasteiger partial charge in [0.05, 0.1) is 10.6 Å². The second-order valence-corrected chi connectivity index (χ2v) is 4.20. The molecule has 4 heteroatoms. The van der Waals surface area contributed by atoms with Gasteiger partial charge in [0.15, 0.2) is 0 Å². The molecular formula is C14H9ClFNO. The smallest absolute Gasteiger partial charge is 0.146 e. The minimum absolute atomic E-state index is 0.132. The molecule has 0 atom stereocenters. The summed E-state index contributed by atoms with van der Waals surface area (Å²) >= 11 is 5.99. The highest BCUT2D eigenvalue weighted by Crippen LogP contribution is 2.32. The fourth-order valence-electron chi connectivity index (χ4n) is 1.49. The van der Waals surface area contributed by atoms with Crippen molar-refractivity contribution in [2.24, 2.45) is 0 Å². The van der Waals surface area contributed by atoms with Crippen molar-refractivity contribution in [2.75, 3.05) is 0 Å². The molecule has 0 amide bonds. The average Bonchev–Trinajstić information content (AvgIpc) is 2.36. The third kappa shape index (κ3) is 2.61. The molecule has 0 spiro atoms. The van der Waals surface area contributed by atoms with E-state index in [1.165, 1.54) is 12.1 Å². The summed E-state index contributed by atoms with van der Waals surface area (Å²) in [7, 11) is 0. The van der Waals surface area contributed by atoms with E-state index in [0.717, 1.165) is 11.6 Å². The molecule has 0 radical (unpaired) electrons. The minimum Gasteiger partial charge on any atom is -0.454 e. The summed E-state index contributed by atoms with van der Waals surface area (Å²) in [6.07, 6.45) is 0. The summed E-state index contributed by atoms with van der Waals surface area (Å²) in [5.74, 6) is 0.250. The Morgan fingerprint density at radius 2 is 1.94 bits per heavy atom. The lowest BCUT2D eigenvalue weighted by atomic mass is 10.2. The van der Waals surface area contributed by atoms with Crippen molar-refractivity contribution in [3.8, 4) is 17.6 Å². The van der Waals surface area contributed by atoms with E-state index in [0.29, 0.717) is 10.8 Å². The van der Waals surface area contributed by atoms with Crippen LogP contribution < -0.4 is 4.74 Å². The standard InChI is InChI=1S/C14H9ClFNO/c1-9-2-4-12(15)14(6-9)18-13-5-3-11(16)7-10(13)8-17/h2-7H,1H3. The monoisotopic (exact) mass is 261 g/mol. The average molecular weight is 262 g/mol. The summed E-state index contributed by atoms with van der Waals surface area (Å²) in [6, 6.07) is 11.0. The molecule has 0 aliphatic heterocycles. The summed E-state index contributed by atoms with van der Waals surface area (Å²) in [4.78, 5) is 0. The predicted octanol–water partition coefficient (Wildman–Crippen LogP) is 4.45. The third-order valence-corrected chi connectivity index (χ3v) is 2.68. The lowest BCUT2D eigenvalue weighted by Gasteiger charge is -2.09. The number of rotatable bonds is 2. The topological polar surface area (TPSA) is 33.0 Å². The van der Waals surface area contributed by atoms with Crippen LogP contribution in [0.2, 0.25) is 5.02 Å². The Bertz CT molecular complexity index is 634. The predicted molar refractivity (Wildman–Crippen MR) is 67.4 cm³/mol. The lowest BCUT2D eigenvalue weighted by Crippen LogP contribution is -1.90. The molecule has 0 fully saturated rings. The zero-order valence-corrected chi connectivity index (χ0v) is 10.3. The van der Waals surface area contributed by atoms with E-state index in [1.807, 2.05) is 19.1 Å². The van der Waals surface area contributed by atoms with Gasteiger partial charge in [0.25, 0.3) is 0 Å². The molecule has 2 aromatic carbocycles. The van der Waals surface area contributed by atoms with Crippen LogP contribution in [-0.4, -0.2) is 0 Å². The van der Waals surface area contributed by atoms with E-state index < -0.39 is 5.82 Å². The fourth-order valence-corrected chi connectivity index (χ4v) is 1.64. The molecule has 0 bridgehead atoms. The van der Waals surface area contributed by atoms with Gasteiger partial charge >= 0.3 is 0 Å². The first-order valence-corrected chi connectivity index (χ1v) is 5.61. The number of benzene rings is 2. The van der Waals surface area contributed by atoms with Crippen LogP contribution in [0, 0.1) is 24.1 Å². The van der Waals surface area contributed by atoms with Crippen LogP contribution in [0.1, 0.15) is 11.1 Å². The summed E-state index contributed by atoms with van der Waals surface area (Å²) in [6.45, 7) is 1.90. The number of aryl methyl sites for hydroxylation is 1. The van der Waals surface area contributed by atoms with Crippen molar-refractivity contribution >= 4 is 11.6 Å². The van der Waals surface area contributed by atoms with Crippen molar-refractivity contribution in [2.45, 2.75) is 6.92 Å². The van der Waals surface area contributed by atoms with Crippen LogP contribution in [0.5, 0.6) is 11.5 Å². The molecule has 0 aliphatic rings. The van der Waals surface area contributed by atoms with Crippen molar-refractivity contribution in [3.63, 3.8) is 0 Å². The van der Waals surface area contributed by atoms with E-state index in [4.69, 9.17) is 21.6 Å². The molecule has 0 saturated carbocycles. The Morgan fingerprint density at radius 3 is 2.67 bits per heavy atom. The van der Waals surface area contributed by atoms with Gasteiger partial charge in [-0.25, -0.2) is 4.39 Å². The van der Waals surface area contributed by atoms with E-state index in [9.17, 15) is 4.39 Å². The van der Waals surface area contributed by atoms with E-state index in [1.54, 1.807) is 12.1 Å². The number of ether oxygens (including phenoxy) is 1. The summed E-state index contributed by atoms with van der Waals surface area (Å²) in [5, 5.41) is 9.35. The van der Waals surface area contributed by atoms with Crippen LogP contribution in [0.3, 0.4) is 0 Å². The SMILES string of the molecule is Cc1ccc(Cl)c(Oc2ccc(F)cc2C#N)c1. The lowest BCUT2D eigenvalue weighted by molar-refractivity contribution is 0.478. The fraction of sp³-hybridized carbons (Fsp3) is 0.0714. The molecule has 2 nitrogen and oxygen atoms in total. The largest absolute Gasteiger partial charge is 0.454 e. The van der Waals surface area contributed by atoms with E-state index >= 15 is 0 Å². The number of hydrogen-bond acceptors (Lipinski definition) is 2. The Labute approximate surface area is 109 Å². The van der Waals surface area contributed by atoms with Gasteiger partial charge in [-0.1, -0.05) is 17.7 Å². The molecule has 0 aliphatic carbocycles. The highest BCUT2D eigenvalue weighted by molar-refractivity contribution is 6.32. The Morgan fingerprint density at radius 1 is 1.17 bits per heavy atom. The van der Waals surface area contributed by atoms with Crippen LogP contribution in [0.4, 0.5) is 4.39 Å². The van der Waals surface area contributed by atoms with Crippen molar-refractivity contribution in [1.82, 2.24) is 0 Å². The van der Waals surface area contributed by atoms with Crippen LogP contribution >= 0.6 is 11.6 Å². The normalized spacial score (nSPS) is 9.89. The van der Waals surface area contributed by atoms with Gasteiger partial charge in [-0.05, 0) is 42.8 Å². The maximum Gasteiger partial charge on any atom is 0.146 e. The number of nitrogens with zero attached hydrogens (tertiary/aromatic N) is 1. The second kappa shape index (κ2) is 5.07. The molecule has 18 heavy (non-hydrogen) atoms. The quantitative estimate of drug-likeness (QED) is 0.800. The first kappa shape index (κ1) is 12.4. The zero-order valence-electron chi connectivity index (χ0n) is 9.58. The van der Waals surface area contributed by atoms with Gasteiger partial charge in [-0.2, -0.15) is 5.26 Å². The first-order chi connectivity index (χ1) is 8.60. The highest BCUT2D eigenvalue weighted by atomic mass is 35.5. The van der Waals surface area contributed by atoms with Crippen LogP contribution in [0.25, 0.3) is 0 Å². The molecule has 90 valence electrons. The van der Waals surface area contributed by atoms with Gasteiger partial charge in [0.2, 0.25) is 0 Å². The van der Waals surface area contributed by atoms with Crippen molar-refractivity contribution in [1.29, 1.82) is 5.26 Å². The molecule has 2 rings (SSSR count). The van der Waals surface area contributed by atoms with Gasteiger partial charge in [0, 0.05) is 0 Å². The molecular weight excluding hydrogens is 253 g/mol. The van der Waals surface area contributed by atoms with Crippen molar-refractivity contribution < 1.29 is 9.13 Å². The summed E-state index contributed by atoms with van der Waals surface area (Å²) < 4.78 is 18.5. The number of halogens is 2. The third-order valence-electron chi connectivity index (χ3n) is 2.37. The molecule has 2 aromatic rings. The van der Waals surface area contributed by atoms with Crippen molar-refractivity contribution in [3.05, 3.63) is 58.4 Å². The van der Waals surface area contributed by atoms with Crippen LogP contribution in [0.15, 0.2) is 36.4 Å². The van der Waals surface area contributed by atoms with E-state index in [2.05, 4.69) is 0 Å². The van der Waals surface area contributed by atoms with E-state index in [-0.39, 0.29) is 11.3 Å². The summed E-state index contributed by atoms with van der Waals surface area (Å²) in [5.41, 5.74) is 1.11. The van der Waals surface area contributed by atoms with Gasteiger partial charge < -0.3 is 4.74 Å². The number of hydrogen-bond donors (Lipinski definition) is 0.